The van der Waals surface area contributed by atoms with E-state index in [2.05, 4.69) is 11.9 Å². The van der Waals surface area contributed by atoms with Crippen LogP contribution in [0.1, 0.15) is 55.2 Å². The Balaban J connectivity index is 1.51. The zero-order chi connectivity index (χ0) is 30.2. The molecule has 1 atom stereocenters. The minimum Gasteiger partial charge on any atom is -0.505 e. The van der Waals surface area contributed by atoms with Gasteiger partial charge in [-0.25, -0.2) is 9.97 Å². The maximum Gasteiger partial charge on any atom is 0.301 e. The summed E-state index contributed by atoms with van der Waals surface area (Å²) in [6, 6.07) is 15.7. The lowest BCUT2D eigenvalue weighted by molar-refractivity contribution is -0.132. The van der Waals surface area contributed by atoms with Crippen molar-refractivity contribution in [2.24, 2.45) is 0 Å². The van der Waals surface area contributed by atoms with Crippen LogP contribution in [-0.4, -0.2) is 44.4 Å². The number of nitrogens with zero attached hydrogens (tertiary/aromatic N) is 4. The predicted molar refractivity (Wildman–Crippen MR) is 167 cm³/mol. The summed E-state index contributed by atoms with van der Waals surface area (Å²) in [5.74, 6) is -0.511. The minimum absolute atomic E-state index is 0.0388. The van der Waals surface area contributed by atoms with Crippen molar-refractivity contribution in [1.29, 1.82) is 0 Å². The number of amides is 1. The zero-order valence-corrected chi connectivity index (χ0v) is 25.3. The third kappa shape index (κ3) is 5.01. The van der Waals surface area contributed by atoms with Gasteiger partial charge in [0.15, 0.2) is 10.9 Å². The fourth-order valence-electron chi connectivity index (χ4n) is 5.35. The molecule has 10 heteroatoms. The molecule has 5 aromatic rings. The van der Waals surface area contributed by atoms with E-state index in [0.717, 1.165) is 23.1 Å². The average Bonchev–Trinajstić information content (AvgIpc) is 3.65. The number of fused-ring (bicyclic) bond motifs is 2. The Morgan fingerprint density at radius 2 is 1.77 bits per heavy atom. The summed E-state index contributed by atoms with van der Waals surface area (Å²) in [5.41, 5.74) is 3.76. The molecule has 0 spiro atoms. The molecule has 1 aliphatic heterocycles. The molecule has 0 saturated carbocycles. The number of aromatic nitrogens is 3. The molecule has 4 heterocycles. The monoisotopic (exact) mass is 596 g/mol. The Morgan fingerprint density at radius 3 is 2.49 bits per heavy atom. The molecule has 43 heavy (non-hydrogen) atoms. The summed E-state index contributed by atoms with van der Waals surface area (Å²) in [6.07, 6.45) is 3.80. The molecule has 1 unspecified atom stereocenters. The van der Waals surface area contributed by atoms with Crippen LogP contribution in [0.15, 0.2) is 66.4 Å². The maximum atomic E-state index is 13.8. The van der Waals surface area contributed by atoms with Crippen molar-refractivity contribution in [2.75, 3.05) is 18.1 Å². The number of ether oxygens (including phenoxy) is 2. The molecule has 9 nitrogen and oxygen atoms in total. The molecule has 220 valence electrons. The number of imidazole rings is 1. The Hall–Kier alpha value is -4.70. The predicted octanol–water partition coefficient (Wildman–Crippen LogP) is 6.76. The molecule has 0 aliphatic carbocycles. The van der Waals surface area contributed by atoms with Crippen LogP contribution in [0.3, 0.4) is 0 Å². The first-order valence-corrected chi connectivity index (χ1v) is 15.2. The lowest BCUT2D eigenvalue weighted by Gasteiger charge is -2.23. The lowest BCUT2D eigenvalue weighted by Crippen LogP contribution is -2.29. The summed E-state index contributed by atoms with van der Waals surface area (Å²) in [7, 11) is 0. The van der Waals surface area contributed by atoms with Crippen LogP contribution in [0.2, 0.25) is 0 Å². The van der Waals surface area contributed by atoms with Crippen molar-refractivity contribution in [1.82, 2.24) is 14.4 Å². The molecular formula is C33H32N4O5S. The number of carbonyl (C=O) groups is 2. The number of pyridine rings is 1. The number of hydrogen-bond acceptors (Lipinski definition) is 8. The van der Waals surface area contributed by atoms with Crippen LogP contribution in [0.5, 0.6) is 11.5 Å². The van der Waals surface area contributed by atoms with Gasteiger partial charge in [-0.15, -0.1) is 0 Å². The van der Waals surface area contributed by atoms with E-state index in [-0.39, 0.29) is 17.0 Å². The highest BCUT2D eigenvalue weighted by atomic mass is 32.1. The molecule has 1 fully saturated rings. The van der Waals surface area contributed by atoms with Gasteiger partial charge in [-0.3, -0.25) is 14.5 Å². The van der Waals surface area contributed by atoms with E-state index >= 15 is 0 Å². The lowest BCUT2D eigenvalue weighted by atomic mass is 9.96. The number of aryl methyl sites for hydroxylation is 2. The number of Topliss-reactive ketones (excluding diaryl/α,β-unsaturated/α-hetero) is 1. The number of unbranched alkanes of at least 4 members (excludes halogenated alkanes) is 1. The minimum atomic E-state index is -0.929. The average molecular weight is 597 g/mol. The molecule has 6 rings (SSSR count). The fraction of sp³-hybridized carbons (Fsp3) is 0.273. The third-order valence-corrected chi connectivity index (χ3v) is 8.60. The van der Waals surface area contributed by atoms with Crippen molar-refractivity contribution in [3.63, 3.8) is 0 Å². The van der Waals surface area contributed by atoms with E-state index in [9.17, 15) is 14.7 Å². The summed E-state index contributed by atoms with van der Waals surface area (Å²) >= 11 is 1.29. The number of hydrogen-bond donors (Lipinski definition) is 1. The second kappa shape index (κ2) is 11.5. The van der Waals surface area contributed by atoms with Crippen LogP contribution in [0, 0.1) is 13.8 Å². The normalized spacial score (nSPS) is 16.5. The summed E-state index contributed by atoms with van der Waals surface area (Å²) in [4.78, 5) is 38.3. The van der Waals surface area contributed by atoms with E-state index in [4.69, 9.17) is 14.5 Å². The van der Waals surface area contributed by atoms with Gasteiger partial charge < -0.3 is 19.0 Å². The topological polar surface area (TPSA) is 106 Å². The van der Waals surface area contributed by atoms with Crippen molar-refractivity contribution < 1.29 is 24.2 Å². The number of aliphatic hydroxyl groups is 1. The largest absolute Gasteiger partial charge is 0.505 e. The quantitative estimate of drug-likeness (QED) is 0.0867. The zero-order valence-electron chi connectivity index (χ0n) is 24.5. The number of ketones is 1. The standard InChI is InChI=1S/C33H32N4O5S/c1-5-7-17-42-22-12-10-21(11-13-22)28-26(29(38)27-20(4)36-16-8-9-19(3)31(36)35-27)30(39)32(40)37(28)33-34-24-15-14-23(41-6-2)18-25(24)43-33/h8-16,18,28,38H,5-7,17H2,1-4H3/b29-26+. The van der Waals surface area contributed by atoms with Crippen LogP contribution >= 0.6 is 11.3 Å². The highest BCUT2D eigenvalue weighted by molar-refractivity contribution is 7.22. The molecule has 2 aromatic carbocycles. The number of rotatable bonds is 9. The van der Waals surface area contributed by atoms with Gasteiger partial charge in [-0.2, -0.15) is 0 Å². The van der Waals surface area contributed by atoms with Gasteiger partial charge in [-0.05, 0) is 74.7 Å². The summed E-state index contributed by atoms with van der Waals surface area (Å²) < 4.78 is 14.2. The SMILES string of the molecule is CCCCOc1ccc(C2/C(=C(\O)c3nc4c(C)cccn4c3C)C(=O)C(=O)N2c2nc3ccc(OCC)cc3s2)cc1. The molecule has 3 aromatic heterocycles. The van der Waals surface area contributed by atoms with E-state index < -0.39 is 17.7 Å². The summed E-state index contributed by atoms with van der Waals surface area (Å²) in [6.45, 7) is 8.88. The van der Waals surface area contributed by atoms with E-state index in [0.29, 0.717) is 52.3 Å². The first-order valence-electron chi connectivity index (χ1n) is 14.3. The van der Waals surface area contributed by atoms with Crippen LogP contribution < -0.4 is 14.4 Å². The van der Waals surface area contributed by atoms with Gasteiger partial charge in [0.1, 0.15) is 22.8 Å². The number of benzene rings is 2. The first kappa shape index (κ1) is 28.4. The number of aliphatic hydroxyl groups excluding tert-OH is 1. The molecule has 1 amide bonds. The highest BCUT2D eigenvalue weighted by Crippen LogP contribution is 2.45. The van der Waals surface area contributed by atoms with Gasteiger partial charge in [0.25, 0.3) is 5.78 Å². The number of anilines is 1. The maximum absolute atomic E-state index is 13.8. The Bertz CT molecular complexity index is 1890. The van der Waals surface area contributed by atoms with Gasteiger partial charge in [-0.1, -0.05) is 42.9 Å². The van der Waals surface area contributed by atoms with Crippen LogP contribution in [-0.2, 0) is 9.59 Å². The van der Waals surface area contributed by atoms with Crippen LogP contribution in [0.25, 0.3) is 21.6 Å². The van der Waals surface area contributed by atoms with Crippen molar-refractivity contribution in [3.8, 4) is 11.5 Å². The Labute approximate surface area is 253 Å². The number of carbonyl (C=O) groups excluding carboxylic acids is 2. The molecule has 0 bridgehead atoms. The second-order valence-corrected chi connectivity index (χ2v) is 11.4. The van der Waals surface area contributed by atoms with Crippen molar-refractivity contribution >= 4 is 49.8 Å². The summed E-state index contributed by atoms with van der Waals surface area (Å²) in [5, 5.41) is 12.1. The van der Waals surface area contributed by atoms with Gasteiger partial charge in [0.2, 0.25) is 0 Å². The van der Waals surface area contributed by atoms with Crippen molar-refractivity contribution in [2.45, 2.75) is 46.6 Å². The Kier molecular flexibility index (Phi) is 7.62. The van der Waals surface area contributed by atoms with E-state index in [1.54, 1.807) is 0 Å². The molecule has 1 N–H and O–H groups in total. The third-order valence-electron chi connectivity index (χ3n) is 7.58. The molecule has 0 radical (unpaired) electrons. The molecular weight excluding hydrogens is 564 g/mol. The smallest absolute Gasteiger partial charge is 0.301 e. The first-order chi connectivity index (χ1) is 20.8. The van der Waals surface area contributed by atoms with Crippen LogP contribution in [0.4, 0.5) is 5.13 Å². The highest BCUT2D eigenvalue weighted by Gasteiger charge is 2.48. The van der Waals surface area contributed by atoms with E-state index in [1.807, 2.05) is 86.0 Å². The van der Waals surface area contributed by atoms with Crippen molar-refractivity contribution in [3.05, 3.63) is 88.9 Å². The number of thiazole rings is 1. The fourth-order valence-corrected chi connectivity index (χ4v) is 6.37. The molecule has 1 saturated heterocycles. The van der Waals surface area contributed by atoms with Gasteiger partial charge in [0.05, 0.1) is 40.7 Å². The second-order valence-electron chi connectivity index (χ2n) is 10.4. The van der Waals surface area contributed by atoms with E-state index in [1.165, 1.54) is 16.2 Å². The van der Waals surface area contributed by atoms with Gasteiger partial charge in [0, 0.05) is 6.20 Å². The Morgan fingerprint density at radius 1 is 1.00 bits per heavy atom. The molecule has 1 aliphatic rings. The van der Waals surface area contributed by atoms with Gasteiger partial charge >= 0.3 is 5.91 Å².